The standard InChI is InChI=1S/C17H16F2/c1-10(2)14-11(3)17(19)15(12(4)16(14)18)13-8-6-5-7-9-13/h5-9H,1H2,2-4H3. The number of hydrogen-bond acceptors (Lipinski definition) is 0. The van der Waals surface area contributed by atoms with E-state index in [1.54, 1.807) is 32.9 Å². The van der Waals surface area contributed by atoms with Gasteiger partial charge in [0.05, 0.1) is 0 Å². The van der Waals surface area contributed by atoms with Crippen LogP contribution in [0.4, 0.5) is 8.78 Å². The summed E-state index contributed by atoms with van der Waals surface area (Å²) in [6.07, 6.45) is 0. The zero-order valence-corrected chi connectivity index (χ0v) is 11.3. The largest absolute Gasteiger partial charge is 0.206 e. The van der Waals surface area contributed by atoms with Crippen molar-refractivity contribution in [2.75, 3.05) is 0 Å². The molecule has 0 spiro atoms. The van der Waals surface area contributed by atoms with Gasteiger partial charge < -0.3 is 0 Å². The first-order valence-corrected chi connectivity index (χ1v) is 6.14. The molecule has 0 atom stereocenters. The van der Waals surface area contributed by atoms with Crippen LogP contribution >= 0.6 is 0 Å². The van der Waals surface area contributed by atoms with Crippen molar-refractivity contribution in [2.24, 2.45) is 0 Å². The minimum Gasteiger partial charge on any atom is -0.206 e. The number of halogens is 2. The topological polar surface area (TPSA) is 0 Å². The Bertz CT molecular complexity index is 611. The zero-order valence-electron chi connectivity index (χ0n) is 11.3. The van der Waals surface area contributed by atoms with Crippen molar-refractivity contribution in [1.29, 1.82) is 0 Å². The van der Waals surface area contributed by atoms with Crippen LogP contribution in [0.2, 0.25) is 0 Å². The second-order valence-electron chi connectivity index (χ2n) is 4.77. The number of allylic oxidation sites excluding steroid dienone is 1. The van der Waals surface area contributed by atoms with Crippen LogP contribution in [0.25, 0.3) is 16.7 Å². The summed E-state index contributed by atoms with van der Waals surface area (Å²) in [7, 11) is 0. The Morgan fingerprint density at radius 1 is 0.947 bits per heavy atom. The molecule has 0 aromatic heterocycles. The Morgan fingerprint density at radius 2 is 1.53 bits per heavy atom. The third-order valence-electron chi connectivity index (χ3n) is 3.34. The highest BCUT2D eigenvalue weighted by molar-refractivity contribution is 5.75. The van der Waals surface area contributed by atoms with Crippen molar-refractivity contribution in [3.63, 3.8) is 0 Å². The summed E-state index contributed by atoms with van der Waals surface area (Å²) in [4.78, 5) is 0. The number of benzene rings is 2. The second kappa shape index (κ2) is 4.96. The maximum absolute atomic E-state index is 14.5. The predicted octanol–water partition coefficient (Wildman–Crippen LogP) is 5.28. The molecular weight excluding hydrogens is 242 g/mol. The Labute approximate surface area is 112 Å². The monoisotopic (exact) mass is 258 g/mol. The van der Waals surface area contributed by atoms with E-state index in [4.69, 9.17) is 0 Å². The van der Waals surface area contributed by atoms with Crippen LogP contribution in [0.3, 0.4) is 0 Å². The normalized spacial score (nSPS) is 10.6. The molecule has 0 N–H and O–H groups in total. The van der Waals surface area contributed by atoms with Crippen molar-refractivity contribution in [3.8, 4) is 11.1 Å². The van der Waals surface area contributed by atoms with Crippen LogP contribution in [0, 0.1) is 25.5 Å². The molecule has 98 valence electrons. The van der Waals surface area contributed by atoms with E-state index < -0.39 is 0 Å². The Morgan fingerprint density at radius 3 is 2.05 bits per heavy atom. The van der Waals surface area contributed by atoms with E-state index in [0.29, 0.717) is 27.8 Å². The molecule has 0 saturated heterocycles. The van der Waals surface area contributed by atoms with Crippen LogP contribution in [0.15, 0.2) is 36.9 Å². The summed E-state index contributed by atoms with van der Waals surface area (Å²) in [6, 6.07) is 9.04. The molecule has 19 heavy (non-hydrogen) atoms. The molecule has 0 bridgehead atoms. The maximum Gasteiger partial charge on any atom is 0.135 e. The highest BCUT2D eigenvalue weighted by Crippen LogP contribution is 2.35. The van der Waals surface area contributed by atoms with Gasteiger partial charge in [-0.3, -0.25) is 0 Å². The minimum absolute atomic E-state index is 0.287. The highest BCUT2D eigenvalue weighted by atomic mass is 19.1. The van der Waals surface area contributed by atoms with E-state index in [1.807, 2.05) is 18.2 Å². The molecule has 2 aromatic carbocycles. The van der Waals surface area contributed by atoms with Gasteiger partial charge in [0.15, 0.2) is 0 Å². The quantitative estimate of drug-likeness (QED) is 0.687. The average Bonchev–Trinajstić information content (AvgIpc) is 2.38. The third-order valence-corrected chi connectivity index (χ3v) is 3.34. The van der Waals surface area contributed by atoms with Crippen LogP contribution in [0.5, 0.6) is 0 Å². The van der Waals surface area contributed by atoms with Crippen LogP contribution < -0.4 is 0 Å². The van der Waals surface area contributed by atoms with E-state index in [0.717, 1.165) is 0 Å². The summed E-state index contributed by atoms with van der Waals surface area (Å²) >= 11 is 0. The molecule has 0 radical (unpaired) electrons. The van der Waals surface area contributed by atoms with Gasteiger partial charge in [0, 0.05) is 11.1 Å². The predicted molar refractivity (Wildman–Crippen MR) is 76.0 cm³/mol. The molecule has 0 aliphatic carbocycles. The third kappa shape index (κ3) is 2.19. The van der Waals surface area contributed by atoms with Crippen LogP contribution in [0.1, 0.15) is 23.6 Å². The Kier molecular flexibility index (Phi) is 3.52. The summed E-state index contributed by atoms with van der Waals surface area (Å²) in [5, 5.41) is 0. The molecule has 0 saturated carbocycles. The van der Waals surface area contributed by atoms with Crippen molar-refractivity contribution in [3.05, 3.63) is 65.2 Å². The van der Waals surface area contributed by atoms with Gasteiger partial charge in [0.1, 0.15) is 11.6 Å². The zero-order chi connectivity index (χ0) is 14.2. The summed E-state index contributed by atoms with van der Waals surface area (Å²) < 4.78 is 29.0. The maximum atomic E-state index is 14.5. The number of hydrogen-bond donors (Lipinski definition) is 0. The smallest absolute Gasteiger partial charge is 0.135 e. The lowest BCUT2D eigenvalue weighted by Gasteiger charge is -2.16. The lowest BCUT2D eigenvalue weighted by atomic mass is 9.91. The fourth-order valence-electron chi connectivity index (χ4n) is 2.38. The van der Waals surface area contributed by atoms with Gasteiger partial charge in [-0.1, -0.05) is 36.9 Å². The summed E-state index contributed by atoms with van der Waals surface area (Å²) in [6.45, 7) is 8.61. The van der Waals surface area contributed by atoms with E-state index >= 15 is 0 Å². The first kappa shape index (κ1) is 13.5. The molecule has 0 aliphatic heterocycles. The summed E-state index contributed by atoms with van der Waals surface area (Å²) in [5.41, 5.74) is 2.49. The van der Waals surface area contributed by atoms with Gasteiger partial charge in [-0.2, -0.15) is 0 Å². The molecule has 0 aliphatic rings. The van der Waals surface area contributed by atoms with Gasteiger partial charge in [0.25, 0.3) is 0 Å². The fraction of sp³-hybridized carbons (Fsp3) is 0.176. The van der Waals surface area contributed by atoms with Gasteiger partial charge >= 0.3 is 0 Å². The van der Waals surface area contributed by atoms with Crippen molar-refractivity contribution >= 4 is 5.57 Å². The van der Waals surface area contributed by atoms with Gasteiger partial charge in [0.2, 0.25) is 0 Å². The second-order valence-corrected chi connectivity index (χ2v) is 4.77. The van der Waals surface area contributed by atoms with E-state index in [-0.39, 0.29) is 17.2 Å². The minimum atomic E-state index is -0.384. The SMILES string of the molecule is C=C(C)c1c(C)c(F)c(-c2ccccc2)c(C)c1F. The van der Waals surface area contributed by atoms with E-state index in [9.17, 15) is 8.78 Å². The molecule has 2 aromatic rings. The molecule has 0 unspecified atom stereocenters. The first-order valence-electron chi connectivity index (χ1n) is 6.14. The van der Waals surface area contributed by atoms with Gasteiger partial charge in [-0.15, -0.1) is 0 Å². The molecule has 0 heterocycles. The van der Waals surface area contributed by atoms with Crippen molar-refractivity contribution < 1.29 is 8.78 Å². The van der Waals surface area contributed by atoms with Gasteiger partial charge in [-0.25, -0.2) is 8.78 Å². The van der Waals surface area contributed by atoms with Crippen LogP contribution in [-0.2, 0) is 0 Å². The lowest BCUT2D eigenvalue weighted by Crippen LogP contribution is -2.03. The number of rotatable bonds is 2. The van der Waals surface area contributed by atoms with E-state index in [2.05, 4.69) is 6.58 Å². The molecule has 0 amide bonds. The van der Waals surface area contributed by atoms with E-state index in [1.165, 1.54) is 0 Å². The molecule has 2 rings (SSSR count). The van der Waals surface area contributed by atoms with Crippen LogP contribution in [-0.4, -0.2) is 0 Å². The molecule has 0 nitrogen and oxygen atoms in total. The average molecular weight is 258 g/mol. The summed E-state index contributed by atoms with van der Waals surface area (Å²) in [5.74, 6) is -0.756. The Hall–Kier alpha value is -1.96. The molecule has 2 heteroatoms. The highest BCUT2D eigenvalue weighted by Gasteiger charge is 2.20. The Balaban J connectivity index is 2.82. The first-order chi connectivity index (χ1) is 8.95. The van der Waals surface area contributed by atoms with Crippen molar-refractivity contribution in [2.45, 2.75) is 20.8 Å². The molecular formula is C17H16F2. The van der Waals surface area contributed by atoms with Gasteiger partial charge in [-0.05, 0) is 43.0 Å². The fourth-order valence-corrected chi connectivity index (χ4v) is 2.38. The van der Waals surface area contributed by atoms with Crippen molar-refractivity contribution in [1.82, 2.24) is 0 Å². The molecule has 0 fully saturated rings. The lowest BCUT2D eigenvalue weighted by molar-refractivity contribution is 0.585.